The van der Waals surface area contributed by atoms with Gasteiger partial charge in [-0.3, -0.25) is 9.59 Å². The maximum Gasteiger partial charge on any atom is 0.309 e. The van der Waals surface area contributed by atoms with Crippen molar-refractivity contribution in [2.24, 2.45) is 5.92 Å². The molecule has 19 heavy (non-hydrogen) atoms. The summed E-state index contributed by atoms with van der Waals surface area (Å²) in [7, 11) is 0. The number of rotatable bonds is 3. The van der Waals surface area contributed by atoms with E-state index in [-0.39, 0.29) is 24.6 Å². The fraction of sp³-hybridized carbons (Fsp3) is 0.467. The summed E-state index contributed by atoms with van der Waals surface area (Å²) >= 11 is 0. The molecule has 1 aliphatic rings. The standard InChI is InChI=1S/C15H18O4/c1-2-19-14(17)11-8-9-13(16)15(18,10-11)12-6-4-3-5-7-12/h3-7,11,18H,2,8-10H2,1H3/t11-,15-/m1/s1. The van der Waals surface area contributed by atoms with E-state index in [1.807, 2.05) is 6.07 Å². The van der Waals surface area contributed by atoms with Crippen LogP contribution in [-0.2, 0) is 19.9 Å². The zero-order valence-electron chi connectivity index (χ0n) is 11.0. The van der Waals surface area contributed by atoms with Gasteiger partial charge in [0.05, 0.1) is 12.5 Å². The average molecular weight is 262 g/mol. The van der Waals surface area contributed by atoms with Crippen LogP contribution >= 0.6 is 0 Å². The largest absolute Gasteiger partial charge is 0.466 e. The second-order valence-electron chi connectivity index (χ2n) is 4.84. The minimum absolute atomic E-state index is 0.106. The van der Waals surface area contributed by atoms with Gasteiger partial charge in [0.1, 0.15) is 5.60 Å². The van der Waals surface area contributed by atoms with Gasteiger partial charge in [-0.05, 0) is 18.9 Å². The Morgan fingerprint density at radius 3 is 2.74 bits per heavy atom. The molecule has 0 heterocycles. The predicted molar refractivity (Wildman–Crippen MR) is 69.3 cm³/mol. The van der Waals surface area contributed by atoms with E-state index in [0.29, 0.717) is 18.6 Å². The zero-order valence-corrected chi connectivity index (χ0v) is 11.0. The van der Waals surface area contributed by atoms with Gasteiger partial charge in [0.2, 0.25) is 0 Å². The first-order valence-corrected chi connectivity index (χ1v) is 6.55. The smallest absolute Gasteiger partial charge is 0.309 e. The number of Topliss-reactive ketones (excluding diaryl/α,β-unsaturated/α-hetero) is 1. The molecule has 0 spiro atoms. The van der Waals surface area contributed by atoms with E-state index >= 15 is 0 Å². The highest BCUT2D eigenvalue weighted by molar-refractivity contribution is 5.90. The van der Waals surface area contributed by atoms with Crippen molar-refractivity contribution in [2.45, 2.75) is 31.8 Å². The first-order chi connectivity index (χ1) is 9.08. The molecule has 1 aliphatic carbocycles. The maximum absolute atomic E-state index is 12.0. The van der Waals surface area contributed by atoms with E-state index in [2.05, 4.69) is 0 Å². The second-order valence-corrected chi connectivity index (χ2v) is 4.84. The van der Waals surface area contributed by atoms with Crippen LogP contribution in [0.2, 0.25) is 0 Å². The molecule has 0 amide bonds. The van der Waals surface area contributed by atoms with Crippen LogP contribution in [0.3, 0.4) is 0 Å². The van der Waals surface area contributed by atoms with E-state index in [9.17, 15) is 14.7 Å². The highest BCUT2D eigenvalue weighted by Gasteiger charge is 2.45. The number of carbonyl (C=O) groups excluding carboxylic acids is 2. The molecule has 2 atom stereocenters. The number of hydrogen-bond acceptors (Lipinski definition) is 4. The van der Waals surface area contributed by atoms with E-state index < -0.39 is 11.5 Å². The lowest BCUT2D eigenvalue weighted by Gasteiger charge is -2.34. The molecule has 1 saturated carbocycles. The van der Waals surface area contributed by atoms with Crippen molar-refractivity contribution >= 4 is 11.8 Å². The molecule has 1 fully saturated rings. The second kappa shape index (κ2) is 5.53. The molecule has 2 rings (SSSR count). The summed E-state index contributed by atoms with van der Waals surface area (Å²) in [5, 5.41) is 10.6. The molecular formula is C15H18O4. The van der Waals surface area contributed by atoms with Gasteiger partial charge in [-0.1, -0.05) is 30.3 Å². The van der Waals surface area contributed by atoms with Crippen LogP contribution in [0.5, 0.6) is 0 Å². The summed E-state index contributed by atoms with van der Waals surface area (Å²) < 4.78 is 4.98. The van der Waals surface area contributed by atoms with Gasteiger partial charge < -0.3 is 9.84 Å². The van der Waals surface area contributed by atoms with Gasteiger partial charge in [-0.2, -0.15) is 0 Å². The monoisotopic (exact) mass is 262 g/mol. The van der Waals surface area contributed by atoms with Gasteiger partial charge in [0.15, 0.2) is 5.78 Å². The van der Waals surface area contributed by atoms with Crippen LogP contribution in [-0.4, -0.2) is 23.5 Å². The lowest BCUT2D eigenvalue weighted by molar-refractivity contribution is -0.158. The third kappa shape index (κ3) is 2.68. The summed E-state index contributed by atoms with van der Waals surface area (Å²) in [4.78, 5) is 23.8. The number of carbonyl (C=O) groups is 2. The van der Waals surface area contributed by atoms with Crippen LogP contribution in [0.25, 0.3) is 0 Å². The average Bonchev–Trinajstić information content (AvgIpc) is 2.43. The third-order valence-corrected chi connectivity index (χ3v) is 3.59. The SMILES string of the molecule is CCOC(=O)[C@@H]1CCC(=O)[C@](O)(c2ccccc2)C1. The summed E-state index contributed by atoms with van der Waals surface area (Å²) in [6.07, 6.45) is 0.760. The summed E-state index contributed by atoms with van der Waals surface area (Å²) in [5.41, 5.74) is -1.01. The highest BCUT2D eigenvalue weighted by Crippen LogP contribution is 2.37. The molecule has 0 bridgehead atoms. The van der Waals surface area contributed by atoms with Crippen LogP contribution in [0.15, 0.2) is 30.3 Å². The molecule has 102 valence electrons. The Balaban J connectivity index is 2.23. The Bertz CT molecular complexity index is 468. The van der Waals surface area contributed by atoms with Crippen LogP contribution in [0, 0.1) is 5.92 Å². The fourth-order valence-corrected chi connectivity index (χ4v) is 2.54. The van der Waals surface area contributed by atoms with Crippen LogP contribution in [0.4, 0.5) is 0 Å². The molecule has 0 aromatic heterocycles. The number of ketones is 1. The molecule has 0 aliphatic heterocycles. The van der Waals surface area contributed by atoms with E-state index in [4.69, 9.17) is 4.74 Å². The normalized spacial score (nSPS) is 27.1. The maximum atomic E-state index is 12.0. The van der Waals surface area contributed by atoms with Gasteiger partial charge in [-0.15, -0.1) is 0 Å². The number of benzene rings is 1. The molecule has 1 aromatic carbocycles. The lowest BCUT2D eigenvalue weighted by Crippen LogP contribution is -2.43. The molecule has 4 heteroatoms. The summed E-state index contributed by atoms with van der Waals surface area (Å²) in [6, 6.07) is 8.79. The fourth-order valence-electron chi connectivity index (χ4n) is 2.54. The van der Waals surface area contributed by atoms with E-state index in [1.54, 1.807) is 31.2 Å². The first kappa shape index (κ1) is 13.7. The van der Waals surface area contributed by atoms with Crippen molar-refractivity contribution in [3.8, 4) is 0 Å². The van der Waals surface area contributed by atoms with E-state index in [1.165, 1.54) is 0 Å². The minimum atomic E-state index is -1.56. The van der Waals surface area contributed by atoms with Gasteiger partial charge in [0, 0.05) is 12.8 Å². The van der Waals surface area contributed by atoms with Crippen LogP contribution in [0.1, 0.15) is 31.7 Å². The number of esters is 1. The Morgan fingerprint density at radius 2 is 2.11 bits per heavy atom. The Kier molecular flexibility index (Phi) is 4.00. The van der Waals surface area contributed by atoms with Gasteiger partial charge >= 0.3 is 5.97 Å². The first-order valence-electron chi connectivity index (χ1n) is 6.55. The molecule has 0 unspecified atom stereocenters. The number of hydrogen-bond donors (Lipinski definition) is 1. The highest BCUT2D eigenvalue weighted by atomic mass is 16.5. The van der Waals surface area contributed by atoms with Crippen molar-refractivity contribution in [3.05, 3.63) is 35.9 Å². The zero-order chi connectivity index (χ0) is 13.9. The van der Waals surface area contributed by atoms with Crippen molar-refractivity contribution in [2.75, 3.05) is 6.61 Å². The topological polar surface area (TPSA) is 63.6 Å². The minimum Gasteiger partial charge on any atom is -0.466 e. The van der Waals surface area contributed by atoms with E-state index in [0.717, 1.165) is 0 Å². The quantitative estimate of drug-likeness (QED) is 0.844. The van der Waals surface area contributed by atoms with Crippen molar-refractivity contribution < 1.29 is 19.4 Å². The number of ether oxygens (including phenoxy) is 1. The Hall–Kier alpha value is -1.68. The third-order valence-electron chi connectivity index (χ3n) is 3.59. The molecular weight excluding hydrogens is 244 g/mol. The van der Waals surface area contributed by atoms with Crippen molar-refractivity contribution in [1.82, 2.24) is 0 Å². The van der Waals surface area contributed by atoms with Gasteiger partial charge in [0.25, 0.3) is 0 Å². The predicted octanol–water partition coefficient (Wildman–Crippen LogP) is 1.81. The molecule has 4 nitrogen and oxygen atoms in total. The van der Waals surface area contributed by atoms with Crippen LogP contribution < -0.4 is 0 Å². The molecule has 1 aromatic rings. The van der Waals surface area contributed by atoms with Gasteiger partial charge in [-0.25, -0.2) is 0 Å². The Labute approximate surface area is 112 Å². The van der Waals surface area contributed by atoms with Crippen molar-refractivity contribution in [3.63, 3.8) is 0 Å². The summed E-state index contributed by atoms with van der Waals surface area (Å²) in [5.74, 6) is -0.966. The van der Waals surface area contributed by atoms with Crippen molar-refractivity contribution in [1.29, 1.82) is 0 Å². The molecule has 0 saturated heterocycles. The lowest BCUT2D eigenvalue weighted by atomic mass is 9.73. The number of aliphatic hydroxyl groups is 1. The Morgan fingerprint density at radius 1 is 1.42 bits per heavy atom. The molecule has 0 radical (unpaired) electrons. The molecule has 1 N–H and O–H groups in total. The summed E-state index contributed by atoms with van der Waals surface area (Å²) in [6.45, 7) is 2.06.